The largest absolute Gasteiger partial charge is 0.373 e. The van der Waals surface area contributed by atoms with E-state index in [1.54, 1.807) is 0 Å². The molecule has 1 heterocycles. The number of anilines is 1. The van der Waals surface area contributed by atoms with E-state index in [1.807, 2.05) is 18.0 Å². The number of nitrogens with zero attached hydrogens (tertiary/aromatic N) is 1. The molecule has 3 rings (SSSR count). The van der Waals surface area contributed by atoms with Gasteiger partial charge in [0.25, 0.3) is 0 Å². The number of hydrogen-bond donors (Lipinski definition) is 1. The Morgan fingerprint density at radius 3 is 2.86 bits per heavy atom. The van der Waals surface area contributed by atoms with E-state index < -0.39 is 0 Å². The van der Waals surface area contributed by atoms with Crippen molar-refractivity contribution in [3.8, 4) is 0 Å². The van der Waals surface area contributed by atoms with Gasteiger partial charge in [-0.3, -0.25) is 4.79 Å². The SMILES string of the molecule is CC1CCCC(N(C)C(=O)C2CCc3ccccc3N2)C1. The molecule has 0 saturated heterocycles. The summed E-state index contributed by atoms with van der Waals surface area (Å²) in [5.74, 6) is 1.02. The van der Waals surface area contributed by atoms with E-state index in [4.69, 9.17) is 0 Å². The molecule has 1 aromatic rings. The van der Waals surface area contributed by atoms with Crippen molar-refractivity contribution in [1.82, 2.24) is 4.90 Å². The van der Waals surface area contributed by atoms with Crippen molar-refractivity contribution >= 4 is 11.6 Å². The lowest BCUT2D eigenvalue weighted by Gasteiger charge is -2.37. The Labute approximate surface area is 127 Å². The van der Waals surface area contributed by atoms with Gasteiger partial charge in [0.1, 0.15) is 6.04 Å². The second-order valence-electron chi connectivity index (χ2n) is 6.77. The van der Waals surface area contributed by atoms with E-state index >= 15 is 0 Å². The van der Waals surface area contributed by atoms with Crippen LogP contribution in [0.15, 0.2) is 24.3 Å². The minimum Gasteiger partial charge on any atom is -0.373 e. The summed E-state index contributed by atoms with van der Waals surface area (Å²) in [7, 11) is 1.99. The molecule has 2 aliphatic rings. The lowest BCUT2D eigenvalue weighted by molar-refractivity contribution is -0.133. The van der Waals surface area contributed by atoms with Crippen molar-refractivity contribution in [2.24, 2.45) is 5.92 Å². The van der Waals surface area contributed by atoms with Gasteiger partial charge in [0.15, 0.2) is 0 Å². The van der Waals surface area contributed by atoms with E-state index in [0.717, 1.165) is 37.3 Å². The number of likely N-dealkylation sites (N-methyl/N-ethyl adjacent to an activating group) is 1. The first-order valence-electron chi connectivity index (χ1n) is 8.26. The molecule has 3 atom stereocenters. The van der Waals surface area contributed by atoms with Crippen LogP contribution in [0.2, 0.25) is 0 Å². The van der Waals surface area contributed by atoms with Gasteiger partial charge in [0.05, 0.1) is 0 Å². The molecule has 3 heteroatoms. The first kappa shape index (κ1) is 14.4. The second kappa shape index (κ2) is 6.08. The summed E-state index contributed by atoms with van der Waals surface area (Å²) in [6, 6.07) is 8.71. The van der Waals surface area contributed by atoms with Crippen molar-refractivity contribution < 1.29 is 4.79 Å². The number of carbonyl (C=O) groups excluding carboxylic acids is 1. The van der Waals surface area contributed by atoms with E-state index in [9.17, 15) is 4.79 Å². The van der Waals surface area contributed by atoms with Gasteiger partial charge in [-0.15, -0.1) is 0 Å². The van der Waals surface area contributed by atoms with Crippen molar-refractivity contribution in [2.45, 2.75) is 57.5 Å². The number of hydrogen-bond acceptors (Lipinski definition) is 2. The number of rotatable bonds is 2. The Balaban J connectivity index is 1.66. The zero-order valence-corrected chi connectivity index (χ0v) is 13.1. The van der Waals surface area contributed by atoms with Gasteiger partial charge in [0.2, 0.25) is 5.91 Å². The van der Waals surface area contributed by atoms with E-state index in [2.05, 4.69) is 30.4 Å². The number of para-hydroxylation sites is 1. The highest BCUT2D eigenvalue weighted by molar-refractivity contribution is 5.85. The summed E-state index contributed by atoms with van der Waals surface area (Å²) in [6.45, 7) is 2.31. The van der Waals surface area contributed by atoms with Crippen molar-refractivity contribution in [1.29, 1.82) is 0 Å². The maximum atomic E-state index is 12.8. The zero-order valence-electron chi connectivity index (χ0n) is 13.1. The molecule has 1 N–H and O–H groups in total. The van der Waals surface area contributed by atoms with Gasteiger partial charge in [0, 0.05) is 18.8 Å². The molecule has 1 amide bonds. The molecule has 3 unspecified atom stereocenters. The molecule has 0 spiro atoms. The smallest absolute Gasteiger partial charge is 0.245 e. The van der Waals surface area contributed by atoms with Crippen molar-refractivity contribution in [3.05, 3.63) is 29.8 Å². The van der Waals surface area contributed by atoms with Gasteiger partial charge in [-0.1, -0.05) is 38.0 Å². The Morgan fingerprint density at radius 2 is 2.05 bits per heavy atom. The number of fused-ring (bicyclic) bond motifs is 1. The zero-order chi connectivity index (χ0) is 14.8. The highest BCUT2D eigenvalue weighted by Crippen LogP contribution is 2.29. The Kier molecular flexibility index (Phi) is 4.18. The number of nitrogens with one attached hydrogen (secondary N) is 1. The molecular weight excluding hydrogens is 260 g/mol. The molecule has 0 radical (unpaired) electrons. The first-order valence-corrected chi connectivity index (χ1v) is 8.26. The lowest BCUT2D eigenvalue weighted by atomic mass is 9.86. The summed E-state index contributed by atoms with van der Waals surface area (Å²) < 4.78 is 0. The molecule has 1 aliphatic heterocycles. The normalized spacial score (nSPS) is 28.4. The molecular formula is C18H26N2O. The summed E-state index contributed by atoms with van der Waals surface area (Å²) in [5.41, 5.74) is 2.46. The van der Waals surface area contributed by atoms with Crippen LogP contribution < -0.4 is 5.32 Å². The van der Waals surface area contributed by atoms with Crippen LogP contribution in [-0.2, 0) is 11.2 Å². The maximum absolute atomic E-state index is 12.8. The third-order valence-corrected chi connectivity index (χ3v) is 5.15. The minimum absolute atomic E-state index is 0.0536. The standard InChI is InChI=1S/C18H26N2O/c1-13-6-5-8-15(12-13)20(2)18(21)17-11-10-14-7-3-4-9-16(14)19-17/h3-4,7,9,13,15,17,19H,5-6,8,10-12H2,1-2H3. The van der Waals surface area contributed by atoms with Crippen LogP contribution >= 0.6 is 0 Å². The van der Waals surface area contributed by atoms with Gasteiger partial charge in [-0.2, -0.15) is 0 Å². The van der Waals surface area contributed by atoms with Crippen LogP contribution in [0, 0.1) is 5.92 Å². The average Bonchev–Trinajstić information content (AvgIpc) is 2.53. The summed E-state index contributed by atoms with van der Waals surface area (Å²) >= 11 is 0. The van der Waals surface area contributed by atoms with Crippen LogP contribution in [0.25, 0.3) is 0 Å². The van der Waals surface area contributed by atoms with Crippen molar-refractivity contribution in [2.75, 3.05) is 12.4 Å². The van der Waals surface area contributed by atoms with Crippen molar-refractivity contribution in [3.63, 3.8) is 0 Å². The first-order chi connectivity index (χ1) is 10.1. The molecule has 0 bridgehead atoms. The highest BCUT2D eigenvalue weighted by atomic mass is 16.2. The Hall–Kier alpha value is -1.51. The quantitative estimate of drug-likeness (QED) is 0.903. The molecule has 3 nitrogen and oxygen atoms in total. The van der Waals surface area contributed by atoms with Crippen LogP contribution in [-0.4, -0.2) is 29.9 Å². The Morgan fingerprint density at radius 1 is 1.24 bits per heavy atom. The number of amides is 1. The topological polar surface area (TPSA) is 32.3 Å². The fourth-order valence-corrected chi connectivity index (χ4v) is 3.80. The van der Waals surface area contributed by atoms with Gasteiger partial charge >= 0.3 is 0 Å². The summed E-state index contributed by atoms with van der Waals surface area (Å²) in [6.07, 6.45) is 6.79. The molecule has 1 saturated carbocycles. The van der Waals surface area contributed by atoms with Gasteiger partial charge in [-0.25, -0.2) is 0 Å². The average molecular weight is 286 g/mol. The van der Waals surface area contributed by atoms with Crippen LogP contribution in [0.3, 0.4) is 0 Å². The van der Waals surface area contributed by atoms with Crippen LogP contribution in [0.4, 0.5) is 5.69 Å². The molecule has 1 aromatic carbocycles. The number of benzene rings is 1. The molecule has 0 aromatic heterocycles. The predicted molar refractivity (Wildman–Crippen MR) is 86.4 cm³/mol. The Bertz CT molecular complexity index is 514. The molecule has 114 valence electrons. The van der Waals surface area contributed by atoms with Crippen LogP contribution in [0.1, 0.15) is 44.6 Å². The van der Waals surface area contributed by atoms with Crippen LogP contribution in [0.5, 0.6) is 0 Å². The maximum Gasteiger partial charge on any atom is 0.245 e. The highest BCUT2D eigenvalue weighted by Gasteiger charge is 2.31. The third-order valence-electron chi connectivity index (χ3n) is 5.15. The predicted octanol–water partition coefficient (Wildman–Crippen LogP) is 3.45. The molecule has 21 heavy (non-hydrogen) atoms. The fraction of sp³-hybridized carbons (Fsp3) is 0.611. The minimum atomic E-state index is -0.0536. The van der Waals surface area contributed by atoms with E-state index in [0.29, 0.717) is 6.04 Å². The van der Waals surface area contributed by atoms with E-state index in [1.165, 1.54) is 18.4 Å². The molecule has 1 fully saturated rings. The monoisotopic (exact) mass is 286 g/mol. The number of aryl methyl sites for hydroxylation is 1. The third kappa shape index (κ3) is 3.07. The molecule has 1 aliphatic carbocycles. The number of carbonyl (C=O) groups is 1. The second-order valence-corrected chi connectivity index (χ2v) is 6.77. The summed E-state index contributed by atoms with van der Waals surface area (Å²) in [4.78, 5) is 14.8. The fourth-order valence-electron chi connectivity index (χ4n) is 3.80. The van der Waals surface area contributed by atoms with Gasteiger partial charge < -0.3 is 10.2 Å². The lowest BCUT2D eigenvalue weighted by Crippen LogP contribution is -2.48. The summed E-state index contributed by atoms with van der Waals surface area (Å²) in [5, 5.41) is 3.44. The van der Waals surface area contributed by atoms with E-state index in [-0.39, 0.29) is 11.9 Å². The van der Waals surface area contributed by atoms with Gasteiger partial charge in [-0.05, 0) is 43.2 Å².